The first-order chi connectivity index (χ1) is 11.7. The number of fused-ring (bicyclic) bond motifs is 5. The average Bonchev–Trinajstić information content (AvgIpc) is 2.83. The number of aryl methyl sites for hydroxylation is 2. The van der Waals surface area contributed by atoms with Crippen LogP contribution >= 0.6 is 0 Å². The van der Waals surface area contributed by atoms with Crippen LogP contribution < -0.4 is 5.46 Å². The van der Waals surface area contributed by atoms with Gasteiger partial charge in [0.15, 0.2) is 0 Å². The Bertz CT molecular complexity index is 1100. The molecule has 1 aliphatic rings. The highest BCUT2D eigenvalue weighted by molar-refractivity contribution is 6.59. The summed E-state index contributed by atoms with van der Waals surface area (Å²) in [4.78, 5) is 0. The molecule has 0 bridgehead atoms. The van der Waals surface area contributed by atoms with Crippen molar-refractivity contribution in [2.45, 2.75) is 12.8 Å². The van der Waals surface area contributed by atoms with E-state index in [0.717, 1.165) is 23.7 Å². The maximum Gasteiger partial charge on any atom is 0.488 e. The predicted molar refractivity (Wildman–Crippen MR) is 98.0 cm³/mol. The molecule has 2 N–H and O–H groups in total. The van der Waals surface area contributed by atoms with Crippen LogP contribution in [-0.4, -0.2) is 21.7 Å². The second-order valence-electron chi connectivity index (χ2n) is 6.43. The van der Waals surface area contributed by atoms with Crippen molar-refractivity contribution < 1.29 is 10.0 Å². The summed E-state index contributed by atoms with van der Waals surface area (Å²) in [6.45, 7) is 0. The summed E-state index contributed by atoms with van der Waals surface area (Å²) in [6.07, 6.45) is 2.05. The number of nitrogens with zero attached hydrogens (tertiary/aromatic N) is 1. The maximum atomic E-state index is 9.54. The van der Waals surface area contributed by atoms with Crippen LogP contribution in [0.2, 0.25) is 0 Å². The normalized spacial score (nSPS) is 13.1. The number of hydrogen-bond acceptors (Lipinski definition) is 2. The van der Waals surface area contributed by atoms with Gasteiger partial charge in [-0.15, -0.1) is 0 Å². The SMILES string of the molecule is OB(O)c1ccc2c(c1)c1cccc3c1n2-c1ccccc1CC3. The Hall–Kier alpha value is -2.56. The molecular weight excluding hydrogens is 297 g/mol. The molecule has 0 fully saturated rings. The molecule has 2 heterocycles. The Kier molecular flexibility index (Phi) is 2.87. The summed E-state index contributed by atoms with van der Waals surface area (Å²) in [5.41, 5.74) is 6.78. The van der Waals surface area contributed by atoms with Gasteiger partial charge in [-0.05, 0) is 41.6 Å². The molecule has 3 nitrogen and oxygen atoms in total. The topological polar surface area (TPSA) is 45.4 Å². The minimum absolute atomic E-state index is 0.525. The summed E-state index contributed by atoms with van der Waals surface area (Å²) < 4.78 is 2.33. The highest BCUT2D eigenvalue weighted by atomic mass is 16.4. The first-order valence-electron chi connectivity index (χ1n) is 8.24. The lowest BCUT2D eigenvalue weighted by molar-refractivity contribution is 0.426. The van der Waals surface area contributed by atoms with Gasteiger partial charge in [-0.2, -0.15) is 0 Å². The zero-order valence-electron chi connectivity index (χ0n) is 13.1. The van der Waals surface area contributed by atoms with Crippen LogP contribution in [0.1, 0.15) is 11.1 Å². The van der Waals surface area contributed by atoms with Gasteiger partial charge < -0.3 is 14.6 Å². The molecule has 4 aromatic rings. The van der Waals surface area contributed by atoms with Gasteiger partial charge in [0.05, 0.1) is 11.0 Å². The van der Waals surface area contributed by atoms with Crippen molar-refractivity contribution in [1.82, 2.24) is 4.57 Å². The molecule has 0 spiro atoms. The summed E-state index contributed by atoms with van der Waals surface area (Å²) in [5, 5.41) is 21.3. The highest BCUT2D eigenvalue weighted by Crippen LogP contribution is 2.37. The summed E-state index contributed by atoms with van der Waals surface area (Å²) in [6, 6.07) is 20.7. The van der Waals surface area contributed by atoms with Crippen LogP contribution in [-0.2, 0) is 12.8 Å². The van der Waals surface area contributed by atoms with E-state index in [1.807, 2.05) is 12.1 Å². The van der Waals surface area contributed by atoms with E-state index < -0.39 is 7.12 Å². The fourth-order valence-electron chi connectivity index (χ4n) is 3.98. The standard InChI is InChI=1S/C20H16BNO2/c23-21(24)15-10-11-19-17(12-15)16-6-3-5-14-9-8-13-4-1-2-7-18(13)22(19)20(14)16/h1-7,10-12,23-24H,8-9H2. The van der Waals surface area contributed by atoms with Crippen LogP contribution in [0.3, 0.4) is 0 Å². The van der Waals surface area contributed by atoms with Crippen molar-refractivity contribution in [3.05, 3.63) is 71.8 Å². The van der Waals surface area contributed by atoms with Crippen molar-refractivity contribution in [2.24, 2.45) is 0 Å². The maximum absolute atomic E-state index is 9.54. The lowest BCUT2D eigenvalue weighted by Gasteiger charge is -2.10. The molecule has 1 aliphatic heterocycles. The van der Waals surface area contributed by atoms with Crippen molar-refractivity contribution in [3.8, 4) is 5.69 Å². The molecule has 5 rings (SSSR count). The molecule has 0 radical (unpaired) electrons. The highest BCUT2D eigenvalue weighted by Gasteiger charge is 2.21. The smallest absolute Gasteiger partial charge is 0.423 e. The van der Waals surface area contributed by atoms with Crippen LogP contribution in [0, 0.1) is 0 Å². The molecule has 0 aliphatic carbocycles. The van der Waals surface area contributed by atoms with E-state index in [2.05, 4.69) is 47.0 Å². The van der Waals surface area contributed by atoms with E-state index in [4.69, 9.17) is 0 Å². The quantitative estimate of drug-likeness (QED) is 0.531. The minimum atomic E-state index is -1.45. The molecule has 0 saturated carbocycles. The Morgan fingerprint density at radius 1 is 0.792 bits per heavy atom. The third-order valence-electron chi connectivity index (χ3n) is 5.09. The minimum Gasteiger partial charge on any atom is -0.423 e. The second-order valence-corrected chi connectivity index (χ2v) is 6.43. The van der Waals surface area contributed by atoms with Gasteiger partial charge in [0.25, 0.3) is 0 Å². The average molecular weight is 313 g/mol. The molecule has 24 heavy (non-hydrogen) atoms. The lowest BCUT2D eigenvalue weighted by Crippen LogP contribution is -2.29. The predicted octanol–water partition coefficient (Wildman–Crippen LogP) is 2.56. The van der Waals surface area contributed by atoms with Gasteiger partial charge in [0.2, 0.25) is 0 Å². The molecule has 0 saturated heterocycles. The van der Waals surface area contributed by atoms with Gasteiger partial charge in [-0.25, -0.2) is 0 Å². The monoisotopic (exact) mass is 313 g/mol. The van der Waals surface area contributed by atoms with E-state index in [-0.39, 0.29) is 0 Å². The van der Waals surface area contributed by atoms with Crippen LogP contribution in [0.15, 0.2) is 60.7 Å². The molecule has 1 aromatic heterocycles. The third-order valence-corrected chi connectivity index (χ3v) is 5.09. The summed E-state index contributed by atoms with van der Waals surface area (Å²) >= 11 is 0. The zero-order valence-corrected chi connectivity index (χ0v) is 13.1. The fourth-order valence-corrected chi connectivity index (χ4v) is 3.98. The first-order valence-corrected chi connectivity index (χ1v) is 8.24. The molecule has 0 amide bonds. The molecule has 0 atom stereocenters. The van der Waals surface area contributed by atoms with Gasteiger partial charge in [-0.1, -0.05) is 48.5 Å². The van der Waals surface area contributed by atoms with Gasteiger partial charge in [0, 0.05) is 16.5 Å². The van der Waals surface area contributed by atoms with Crippen LogP contribution in [0.4, 0.5) is 0 Å². The molecular formula is C20H16BNO2. The fraction of sp³-hybridized carbons (Fsp3) is 0.100. The van der Waals surface area contributed by atoms with Gasteiger partial charge in [-0.3, -0.25) is 0 Å². The van der Waals surface area contributed by atoms with E-state index in [9.17, 15) is 10.0 Å². The Morgan fingerprint density at radius 3 is 2.46 bits per heavy atom. The Morgan fingerprint density at radius 2 is 1.58 bits per heavy atom. The third kappa shape index (κ3) is 1.81. The second kappa shape index (κ2) is 4.97. The van der Waals surface area contributed by atoms with E-state index in [1.54, 1.807) is 6.07 Å². The first kappa shape index (κ1) is 13.8. The zero-order chi connectivity index (χ0) is 16.3. The molecule has 0 unspecified atom stereocenters. The Balaban J connectivity index is 1.99. The van der Waals surface area contributed by atoms with Crippen molar-refractivity contribution in [2.75, 3.05) is 0 Å². The van der Waals surface area contributed by atoms with Crippen LogP contribution in [0.25, 0.3) is 27.5 Å². The van der Waals surface area contributed by atoms with Crippen molar-refractivity contribution in [1.29, 1.82) is 0 Å². The number of benzene rings is 3. The van der Waals surface area contributed by atoms with Crippen molar-refractivity contribution in [3.63, 3.8) is 0 Å². The lowest BCUT2D eigenvalue weighted by atomic mass is 9.80. The van der Waals surface area contributed by atoms with Crippen LogP contribution in [0.5, 0.6) is 0 Å². The number of rotatable bonds is 1. The number of aromatic nitrogens is 1. The van der Waals surface area contributed by atoms with Crippen molar-refractivity contribution >= 4 is 34.4 Å². The molecule has 116 valence electrons. The number of para-hydroxylation sites is 2. The number of hydrogen-bond donors (Lipinski definition) is 2. The Labute approximate surface area is 139 Å². The molecule has 4 heteroatoms. The van der Waals surface area contributed by atoms with E-state index >= 15 is 0 Å². The van der Waals surface area contributed by atoms with Gasteiger partial charge in [0.1, 0.15) is 0 Å². The largest absolute Gasteiger partial charge is 0.488 e. The molecule has 3 aromatic carbocycles. The van der Waals surface area contributed by atoms with Gasteiger partial charge >= 0.3 is 7.12 Å². The summed E-state index contributed by atoms with van der Waals surface area (Å²) in [7, 11) is -1.45. The summed E-state index contributed by atoms with van der Waals surface area (Å²) in [5.74, 6) is 0. The van der Waals surface area contributed by atoms with E-state index in [0.29, 0.717) is 5.46 Å². The van der Waals surface area contributed by atoms with E-state index in [1.165, 1.54) is 27.7 Å².